The van der Waals surface area contributed by atoms with E-state index in [2.05, 4.69) is 26.2 Å². The van der Waals surface area contributed by atoms with Crippen LogP contribution in [0.15, 0.2) is 68.8 Å². The van der Waals surface area contributed by atoms with Crippen LogP contribution in [0.5, 0.6) is 0 Å². The standard InChI is InChI=1S/C16H13BrN2O4/c17-13-6-11(7-18-8-13)15(20)19-10-16(21,12-3-5-22-9-12)14-2-1-4-23-14/h1-9,21H,10H2,(H,19,20)/t16-/m0/s1. The Labute approximate surface area is 140 Å². The molecule has 118 valence electrons. The molecule has 0 spiro atoms. The summed E-state index contributed by atoms with van der Waals surface area (Å²) in [7, 11) is 0. The predicted molar refractivity (Wildman–Crippen MR) is 84.7 cm³/mol. The van der Waals surface area contributed by atoms with E-state index in [1.165, 1.54) is 25.0 Å². The number of carbonyl (C=O) groups excluding carboxylic acids is 1. The van der Waals surface area contributed by atoms with E-state index in [1.54, 1.807) is 30.5 Å². The summed E-state index contributed by atoms with van der Waals surface area (Å²) in [4.78, 5) is 16.2. The zero-order valence-electron chi connectivity index (χ0n) is 11.9. The van der Waals surface area contributed by atoms with E-state index in [0.29, 0.717) is 21.4 Å². The number of carbonyl (C=O) groups is 1. The van der Waals surface area contributed by atoms with Gasteiger partial charge in [-0.1, -0.05) is 0 Å². The maximum Gasteiger partial charge on any atom is 0.253 e. The number of aromatic nitrogens is 1. The van der Waals surface area contributed by atoms with E-state index in [-0.39, 0.29) is 12.5 Å². The summed E-state index contributed by atoms with van der Waals surface area (Å²) in [6.45, 7) is -0.0780. The number of amides is 1. The molecule has 0 aliphatic rings. The zero-order valence-corrected chi connectivity index (χ0v) is 13.5. The third kappa shape index (κ3) is 3.20. The SMILES string of the molecule is O=C(NC[C@](O)(c1ccoc1)c1ccco1)c1cncc(Br)c1. The summed E-state index contributed by atoms with van der Waals surface area (Å²) in [5.41, 5.74) is -0.653. The first-order valence-electron chi connectivity index (χ1n) is 6.77. The highest BCUT2D eigenvalue weighted by Gasteiger charge is 2.36. The molecule has 3 aromatic rings. The summed E-state index contributed by atoms with van der Waals surface area (Å²) in [6.07, 6.45) is 7.35. The van der Waals surface area contributed by atoms with Gasteiger partial charge in [-0.3, -0.25) is 9.78 Å². The van der Waals surface area contributed by atoms with Crippen LogP contribution in [0, 0.1) is 0 Å². The van der Waals surface area contributed by atoms with Crippen molar-refractivity contribution in [2.75, 3.05) is 6.54 Å². The van der Waals surface area contributed by atoms with Gasteiger partial charge >= 0.3 is 0 Å². The number of hydrogen-bond donors (Lipinski definition) is 2. The van der Waals surface area contributed by atoms with Gasteiger partial charge in [0.1, 0.15) is 5.76 Å². The topological polar surface area (TPSA) is 88.5 Å². The second-order valence-electron chi connectivity index (χ2n) is 4.92. The van der Waals surface area contributed by atoms with Gasteiger partial charge in [0, 0.05) is 22.4 Å². The van der Waals surface area contributed by atoms with E-state index >= 15 is 0 Å². The van der Waals surface area contributed by atoms with Crippen molar-refractivity contribution in [3.8, 4) is 0 Å². The van der Waals surface area contributed by atoms with Crippen molar-refractivity contribution in [3.63, 3.8) is 0 Å². The molecule has 0 saturated carbocycles. The van der Waals surface area contributed by atoms with Gasteiger partial charge in [-0.25, -0.2) is 0 Å². The van der Waals surface area contributed by atoms with Crippen LogP contribution in [0.25, 0.3) is 0 Å². The van der Waals surface area contributed by atoms with Crippen LogP contribution >= 0.6 is 15.9 Å². The van der Waals surface area contributed by atoms with Gasteiger partial charge in [-0.15, -0.1) is 0 Å². The molecule has 0 aliphatic carbocycles. The minimum atomic E-state index is -1.52. The lowest BCUT2D eigenvalue weighted by Gasteiger charge is -2.25. The normalized spacial score (nSPS) is 13.5. The average molecular weight is 377 g/mol. The van der Waals surface area contributed by atoms with E-state index in [1.807, 2.05) is 0 Å². The fourth-order valence-electron chi connectivity index (χ4n) is 2.19. The highest BCUT2D eigenvalue weighted by atomic mass is 79.9. The molecular weight excluding hydrogens is 364 g/mol. The fraction of sp³-hybridized carbons (Fsp3) is 0.125. The number of nitrogens with one attached hydrogen (secondary N) is 1. The average Bonchev–Trinajstić information content (AvgIpc) is 3.25. The molecule has 0 aromatic carbocycles. The minimum absolute atomic E-state index is 0.0780. The molecule has 1 amide bonds. The van der Waals surface area contributed by atoms with Crippen molar-refractivity contribution < 1.29 is 18.7 Å². The lowest BCUT2D eigenvalue weighted by Crippen LogP contribution is -2.41. The lowest BCUT2D eigenvalue weighted by molar-refractivity contribution is 0.0520. The molecule has 0 aliphatic heterocycles. The Kier molecular flexibility index (Phi) is 4.31. The molecule has 0 bridgehead atoms. The molecule has 2 N–H and O–H groups in total. The van der Waals surface area contributed by atoms with Crippen molar-refractivity contribution in [1.29, 1.82) is 0 Å². The first-order chi connectivity index (χ1) is 11.1. The Morgan fingerprint density at radius 1 is 1.35 bits per heavy atom. The van der Waals surface area contributed by atoms with Crippen molar-refractivity contribution in [2.24, 2.45) is 0 Å². The number of nitrogens with zero attached hydrogens (tertiary/aromatic N) is 1. The van der Waals surface area contributed by atoms with E-state index in [4.69, 9.17) is 8.83 Å². The molecule has 3 heterocycles. The largest absolute Gasteiger partial charge is 0.472 e. The van der Waals surface area contributed by atoms with Crippen molar-refractivity contribution in [1.82, 2.24) is 10.3 Å². The highest BCUT2D eigenvalue weighted by Crippen LogP contribution is 2.29. The smallest absolute Gasteiger partial charge is 0.253 e. The Bertz CT molecular complexity index is 750. The quantitative estimate of drug-likeness (QED) is 0.714. The summed E-state index contributed by atoms with van der Waals surface area (Å²) in [5.74, 6) is -0.0427. The first-order valence-corrected chi connectivity index (χ1v) is 7.57. The van der Waals surface area contributed by atoms with Crippen LogP contribution in [0.2, 0.25) is 0 Å². The van der Waals surface area contributed by atoms with E-state index in [9.17, 15) is 9.90 Å². The highest BCUT2D eigenvalue weighted by molar-refractivity contribution is 9.10. The first kappa shape index (κ1) is 15.5. The van der Waals surface area contributed by atoms with Gasteiger partial charge in [-0.2, -0.15) is 0 Å². The Hall–Kier alpha value is -2.38. The third-order valence-corrected chi connectivity index (χ3v) is 3.83. The maximum atomic E-state index is 12.2. The molecule has 3 aromatic heterocycles. The van der Waals surface area contributed by atoms with Crippen LogP contribution in [0.1, 0.15) is 21.7 Å². The lowest BCUT2D eigenvalue weighted by atomic mass is 9.93. The van der Waals surface area contributed by atoms with Gasteiger partial charge in [-0.05, 0) is 40.2 Å². The molecule has 1 atom stereocenters. The predicted octanol–water partition coefficient (Wildman–Crippen LogP) is 2.70. The molecular formula is C16H13BrN2O4. The minimum Gasteiger partial charge on any atom is -0.472 e. The van der Waals surface area contributed by atoms with Crippen molar-refractivity contribution >= 4 is 21.8 Å². The Balaban J connectivity index is 1.82. The summed E-state index contributed by atoms with van der Waals surface area (Å²) in [5, 5.41) is 13.7. The van der Waals surface area contributed by atoms with Crippen molar-refractivity contribution in [3.05, 3.63) is 76.8 Å². The molecule has 7 heteroatoms. The van der Waals surface area contributed by atoms with Crippen LogP contribution in [0.3, 0.4) is 0 Å². The van der Waals surface area contributed by atoms with Gasteiger partial charge in [0.2, 0.25) is 0 Å². The number of aliphatic hydroxyl groups is 1. The van der Waals surface area contributed by atoms with Crippen molar-refractivity contribution in [2.45, 2.75) is 5.60 Å². The third-order valence-electron chi connectivity index (χ3n) is 3.40. The molecule has 6 nitrogen and oxygen atoms in total. The summed E-state index contributed by atoms with van der Waals surface area (Å²) >= 11 is 3.26. The summed E-state index contributed by atoms with van der Waals surface area (Å²) in [6, 6.07) is 6.57. The second kappa shape index (κ2) is 6.39. The fourth-order valence-corrected chi connectivity index (χ4v) is 2.56. The van der Waals surface area contributed by atoms with Gasteiger partial charge in [0.25, 0.3) is 5.91 Å². The van der Waals surface area contributed by atoms with Crippen LogP contribution in [-0.4, -0.2) is 22.5 Å². The number of rotatable bonds is 5. The van der Waals surface area contributed by atoms with E-state index in [0.717, 1.165) is 0 Å². The molecule has 0 radical (unpaired) electrons. The Morgan fingerprint density at radius 2 is 2.22 bits per heavy atom. The van der Waals surface area contributed by atoms with Gasteiger partial charge in [0.05, 0.1) is 30.9 Å². The number of halogens is 1. The number of hydrogen-bond acceptors (Lipinski definition) is 5. The van der Waals surface area contributed by atoms with Gasteiger partial charge in [0.15, 0.2) is 5.60 Å². The second-order valence-corrected chi connectivity index (χ2v) is 5.84. The zero-order chi connectivity index (χ0) is 16.3. The monoisotopic (exact) mass is 376 g/mol. The maximum absolute atomic E-state index is 12.2. The summed E-state index contributed by atoms with van der Waals surface area (Å²) < 4.78 is 11.0. The van der Waals surface area contributed by atoms with Crippen LogP contribution < -0.4 is 5.32 Å². The Morgan fingerprint density at radius 3 is 2.87 bits per heavy atom. The number of furan rings is 2. The molecule has 3 rings (SSSR count). The van der Waals surface area contributed by atoms with Crippen LogP contribution in [0.4, 0.5) is 0 Å². The molecule has 0 fully saturated rings. The van der Waals surface area contributed by atoms with E-state index < -0.39 is 5.60 Å². The molecule has 0 saturated heterocycles. The molecule has 23 heavy (non-hydrogen) atoms. The van der Waals surface area contributed by atoms with Gasteiger partial charge < -0.3 is 19.3 Å². The number of pyridine rings is 1. The van der Waals surface area contributed by atoms with Crippen LogP contribution in [-0.2, 0) is 5.60 Å². The molecule has 0 unspecified atom stereocenters.